The first-order valence-electron chi connectivity index (χ1n) is 6.28. The number of carbonyl (C=O) groups excluding carboxylic acids is 1. The highest BCUT2D eigenvalue weighted by atomic mass is 35.5. The number of hydrogen-bond donors (Lipinski definition) is 1. The van der Waals surface area contributed by atoms with Crippen molar-refractivity contribution in [3.8, 4) is 0 Å². The van der Waals surface area contributed by atoms with Gasteiger partial charge in [-0.25, -0.2) is 4.39 Å². The number of hydrogen-bond acceptors (Lipinski definition) is 3. The Balaban J connectivity index is 2.88. The lowest BCUT2D eigenvalue weighted by molar-refractivity contribution is -0.387. The number of carbonyl (C=O) groups is 1. The van der Waals surface area contributed by atoms with Crippen LogP contribution >= 0.6 is 11.6 Å². The number of alkyl halides is 1. The molecule has 0 bridgehead atoms. The standard InChI is InChI=1S/C13H15ClF2N2O3/c1-7(2)5-8(14)6-17-13(19)11-9(15)3-4-10(12(11)16)18(20)21/h3-4,7-8H,5-6H2,1-2H3,(H,17,19). The average Bonchev–Trinajstić information content (AvgIpc) is 2.35. The van der Waals surface area contributed by atoms with Crippen LogP contribution in [0.4, 0.5) is 14.5 Å². The van der Waals surface area contributed by atoms with Crippen molar-refractivity contribution in [1.29, 1.82) is 0 Å². The number of nitrogens with zero attached hydrogens (tertiary/aromatic N) is 1. The van der Waals surface area contributed by atoms with Crippen LogP contribution in [-0.2, 0) is 0 Å². The van der Waals surface area contributed by atoms with Crippen molar-refractivity contribution in [1.82, 2.24) is 5.32 Å². The summed E-state index contributed by atoms with van der Waals surface area (Å²) in [6.45, 7) is 3.90. The summed E-state index contributed by atoms with van der Waals surface area (Å²) in [5.74, 6) is -3.42. The molecule has 1 N–H and O–H groups in total. The third-order valence-corrected chi connectivity index (χ3v) is 3.04. The molecule has 1 rings (SSSR count). The van der Waals surface area contributed by atoms with Gasteiger partial charge in [0.15, 0.2) is 0 Å². The summed E-state index contributed by atoms with van der Waals surface area (Å²) in [5, 5.41) is 12.5. The number of nitro groups is 1. The molecule has 116 valence electrons. The van der Waals surface area contributed by atoms with Crippen molar-refractivity contribution in [2.75, 3.05) is 6.54 Å². The van der Waals surface area contributed by atoms with Crippen molar-refractivity contribution >= 4 is 23.2 Å². The first-order valence-corrected chi connectivity index (χ1v) is 6.72. The second kappa shape index (κ2) is 7.31. The molecular weight excluding hydrogens is 306 g/mol. The lowest BCUT2D eigenvalue weighted by Gasteiger charge is -2.13. The molecule has 0 spiro atoms. The molecule has 0 aromatic heterocycles. The Morgan fingerprint density at radius 3 is 2.57 bits per heavy atom. The van der Waals surface area contributed by atoms with E-state index in [9.17, 15) is 23.7 Å². The highest BCUT2D eigenvalue weighted by Gasteiger charge is 2.26. The third kappa shape index (κ3) is 4.63. The number of nitrogens with one attached hydrogen (secondary N) is 1. The predicted molar refractivity (Wildman–Crippen MR) is 74.4 cm³/mol. The number of benzene rings is 1. The van der Waals surface area contributed by atoms with Gasteiger partial charge in [0.05, 0.1) is 10.3 Å². The fourth-order valence-electron chi connectivity index (χ4n) is 1.78. The molecule has 0 aliphatic heterocycles. The molecule has 1 unspecified atom stereocenters. The number of amides is 1. The largest absolute Gasteiger partial charge is 0.350 e. The zero-order valence-electron chi connectivity index (χ0n) is 11.5. The van der Waals surface area contributed by atoms with Gasteiger partial charge in [-0.2, -0.15) is 4.39 Å². The molecule has 0 saturated carbocycles. The van der Waals surface area contributed by atoms with Crippen LogP contribution in [-0.4, -0.2) is 22.8 Å². The highest BCUT2D eigenvalue weighted by Crippen LogP contribution is 2.23. The van der Waals surface area contributed by atoms with E-state index in [2.05, 4.69) is 5.32 Å². The summed E-state index contributed by atoms with van der Waals surface area (Å²) >= 11 is 5.96. The normalized spacial score (nSPS) is 12.3. The average molecular weight is 321 g/mol. The molecule has 0 heterocycles. The summed E-state index contributed by atoms with van der Waals surface area (Å²) in [5.41, 5.74) is -1.93. The molecule has 8 heteroatoms. The number of rotatable bonds is 6. The fraction of sp³-hybridized carbons (Fsp3) is 0.462. The van der Waals surface area contributed by atoms with Gasteiger partial charge in [-0.1, -0.05) is 13.8 Å². The molecule has 1 amide bonds. The lowest BCUT2D eigenvalue weighted by Crippen LogP contribution is -2.31. The Labute approximate surface area is 125 Å². The van der Waals surface area contributed by atoms with Crippen LogP contribution in [0.25, 0.3) is 0 Å². The van der Waals surface area contributed by atoms with Gasteiger partial charge in [-0.3, -0.25) is 14.9 Å². The molecule has 21 heavy (non-hydrogen) atoms. The Kier molecular flexibility index (Phi) is 6.02. The zero-order chi connectivity index (χ0) is 16.2. The SMILES string of the molecule is CC(C)CC(Cl)CNC(=O)c1c(F)ccc([N+](=O)[O-])c1F. The minimum atomic E-state index is -1.49. The molecule has 1 aromatic rings. The Morgan fingerprint density at radius 1 is 1.43 bits per heavy atom. The third-order valence-electron chi connectivity index (χ3n) is 2.71. The van der Waals surface area contributed by atoms with E-state index in [1.54, 1.807) is 0 Å². The van der Waals surface area contributed by atoms with Crippen molar-refractivity contribution in [2.45, 2.75) is 25.6 Å². The van der Waals surface area contributed by atoms with Gasteiger partial charge in [0.2, 0.25) is 5.82 Å². The first kappa shape index (κ1) is 17.3. The molecule has 0 saturated heterocycles. The molecule has 0 fully saturated rings. The van der Waals surface area contributed by atoms with Gasteiger partial charge in [-0.05, 0) is 18.4 Å². The summed E-state index contributed by atoms with van der Waals surface area (Å²) in [4.78, 5) is 21.3. The number of nitro benzene ring substituents is 1. The maximum atomic E-state index is 13.8. The van der Waals surface area contributed by atoms with Gasteiger partial charge >= 0.3 is 5.69 Å². The maximum absolute atomic E-state index is 13.8. The van der Waals surface area contributed by atoms with Crippen LogP contribution in [0.3, 0.4) is 0 Å². The smallest absolute Gasteiger partial charge is 0.305 e. The molecule has 0 aliphatic carbocycles. The Bertz CT molecular complexity index is 552. The summed E-state index contributed by atoms with van der Waals surface area (Å²) in [6.07, 6.45) is 0.613. The minimum Gasteiger partial charge on any atom is -0.350 e. The Hall–Kier alpha value is -1.76. The van der Waals surface area contributed by atoms with Crippen LogP contribution in [0.5, 0.6) is 0 Å². The second-order valence-corrected chi connectivity index (χ2v) is 5.57. The van der Waals surface area contributed by atoms with E-state index >= 15 is 0 Å². The zero-order valence-corrected chi connectivity index (χ0v) is 12.3. The van der Waals surface area contributed by atoms with Crippen LogP contribution in [0.15, 0.2) is 12.1 Å². The van der Waals surface area contributed by atoms with E-state index in [1.807, 2.05) is 13.8 Å². The molecule has 5 nitrogen and oxygen atoms in total. The predicted octanol–water partition coefficient (Wildman–Crippen LogP) is 3.26. The second-order valence-electron chi connectivity index (χ2n) is 4.95. The van der Waals surface area contributed by atoms with E-state index in [-0.39, 0.29) is 6.54 Å². The van der Waals surface area contributed by atoms with E-state index in [1.165, 1.54) is 0 Å². The molecular formula is C13H15ClF2N2O3. The van der Waals surface area contributed by atoms with Gasteiger partial charge in [0.1, 0.15) is 11.4 Å². The van der Waals surface area contributed by atoms with E-state index in [4.69, 9.17) is 11.6 Å². The maximum Gasteiger partial charge on any atom is 0.305 e. The first-order chi connectivity index (χ1) is 9.73. The lowest BCUT2D eigenvalue weighted by atomic mass is 10.1. The summed E-state index contributed by atoms with van der Waals surface area (Å²) < 4.78 is 27.3. The highest BCUT2D eigenvalue weighted by molar-refractivity contribution is 6.21. The van der Waals surface area contributed by atoms with Crippen molar-refractivity contribution in [3.05, 3.63) is 39.4 Å². The topological polar surface area (TPSA) is 72.2 Å². The van der Waals surface area contributed by atoms with Crippen molar-refractivity contribution in [3.63, 3.8) is 0 Å². The summed E-state index contributed by atoms with van der Waals surface area (Å²) in [6, 6.07) is 1.35. The quantitative estimate of drug-likeness (QED) is 0.497. The van der Waals surface area contributed by atoms with Crippen LogP contribution < -0.4 is 5.32 Å². The number of halogens is 3. The Morgan fingerprint density at radius 2 is 2.05 bits per heavy atom. The minimum absolute atomic E-state index is 0.0140. The monoisotopic (exact) mass is 320 g/mol. The van der Waals surface area contributed by atoms with Gasteiger partial charge in [-0.15, -0.1) is 11.6 Å². The van der Waals surface area contributed by atoms with Crippen LogP contribution in [0, 0.1) is 27.7 Å². The molecule has 1 aromatic carbocycles. The molecule has 1 atom stereocenters. The summed E-state index contributed by atoms with van der Waals surface area (Å²) in [7, 11) is 0. The van der Waals surface area contributed by atoms with E-state index < -0.39 is 39.1 Å². The fourth-order valence-corrected chi connectivity index (χ4v) is 2.21. The molecule has 0 aliphatic rings. The van der Waals surface area contributed by atoms with Crippen LogP contribution in [0.2, 0.25) is 0 Å². The molecule has 0 radical (unpaired) electrons. The van der Waals surface area contributed by atoms with Crippen molar-refractivity contribution < 1.29 is 18.5 Å². The van der Waals surface area contributed by atoms with E-state index in [0.717, 1.165) is 0 Å². The van der Waals surface area contributed by atoms with Gasteiger partial charge < -0.3 is 5.32 Å². The van der Waals surface area contributed by atoms with Crippen LogP contribution in [0.1, 0.15) is 30.6 Å². The van der Waals surface area contributed by atoms with Gasteiger partial charge in [0, 0.05) is 12.6 Å². The van der Waals surface area contributed by atoms with Crippen molar-refractivity contribution in [2.24, 2.45) is 5.92 Å². The van der Waals surface area contributed by atoms with Gasteiger partial charge in [0.25, 0.3) is 5.91 Å². The van der Waals surface area contributed by atoms with E-state index in [0.29, 0.717) is 24.5 Å².